The highest BCUT2D eigenvalue weighted by molar-refractivity contribution is 5.43. The van der Waals surface area contributed by atoms with Crippen LogP contribution in [0.15, 0.2) is 41.0 Å². The molecule has 3 nitrogen and oxygen atoms in total. The van der Waals surface area contributed by atoms with Crippen molar-refractivity contribution in [3.05, 3.63) is 53.5 Å². The SMILES string of the molecule is CNCCC(COc1cccc2c1CCC2)c1ccco1. The fourth-order valence-corrected chi connectivity index (χ4v) is 3.06. The number of ether oxygens (including phenoxy) is 1. The molecule has 1 aliphatic carbocycles. The average Bonchev–Trinajstić information content (AvgIpc) is 3.18. The summed E-state index contributed by atoms with van der Waals surface area (Å²) in [5.41, 5.74) is 2.86. The lowest BCUT2D eigenvalue weighted by atomic mass is 10.0. The normalized spacial score (nSPS) is 14.9. The lowest BCUT2D eigenvalue weighted by Crippen LogP contribution is -2.17. The van der Waals surface area contributed by atoms with Crippen molar-refractivity contribution in [1.82, 2.24) is 5.32 Å². The van der Waals surface area contributed by atoms with Gasteiger partial charge in [-0.25, -0.2) is 0 Å². The first kappa shape index (κ1) is 14.2. The highest BCUT2D eigenvalue weighted by atomic mass is 16.5. The summed E-state index contributed by atoms with van der Waals surface area (Å²) in [6.07, 6.45) is 6.33. The minimum absolute atomic E-state index is 0.296. The predicted molar refractivity (Wildman–Crippen MR) is 84.0 cm³/mol. The van der Waals surface area contributed by atoms with Gasteiger partial charge in [0, 0.05) is 0 Å². The van der Waals surface area contributed by atoms with Gasteiger partial charge in [-0.3, -0.25) is 0 Å². The molecule has 1 atom stereocenters. The molecule has 0 spiro atoms. The molecule has 21 heavy (non-hydrogen) atoms. The molecule has 112 valence electrons. The Morgan fingerprint density at radius 2 is 2.19 bits per heavy atom. The molecular formula is C18H23NO2. The van der Waals surface area contributed by atoms with Crippen molar-refractivity contribution in [3.8, 4) is 5.75 Å². The van der Waals surface area contributed by atoms with Gasteiger partial charge in [-0.15, -0.1) is 0 Å². The van der Waals surface area contributed by atoms with E-state index in [-0.39, 0.29) is 0 Å². The molecule has 0 fully saturated rings. The summed E-state index contributed by atoms with van der Waals surface area (Å²) in [6, 6.07) is 10.4. The molecule has 2 aromatic rings. The van der Waals surface area contributed by atoms with E-state index in [0.29, 0.717) is 12.5 Å². The van der Waals surface area contributed by atoms with Crippen LogP contribution in [0.3, 0.4) is 0 Å². The van der Waals surface area contributed by atoms with Crippen LogP contribution in [0.4, 0.5) is 0 Å². The van der Waals surface area contributed by atoms with Crippen LogP contribution in [0, 0.1) is 0 Å². The first-order valence-corrected chi connectivity index (χ1v) is 7.80. The van der Waals surface area contributed by atoms with Crippen LogP contribution in [-0.2, 0) is 12.8 Å². The van der Waals surface area contributed by atoms with Crippen LogP contribution in [-0.4, -0.2) is 20.2 Å². The predicted octanol–water partition coefficient (Wildman–Crippen LogP) is 3.54. The van der Waals surface area contributed by atoms with E-state index in [0.717, 1.165) is 30.9 Å². The third kappa shape index (κ3) is 3.30. The van der Waals surface area contributed by atoms with Gasteiger partial charge < -0.3 is 14.5 Å². The van der Waals surface area contributed by atoms with Gasteiger partial charge in [0.2, 0.25) is 0 Å². The Balaban J connectivity index is 1.68. The van der Waals surface area contributed by atoms with Crippen LogP contribution < -0.4 is 10.1 Å². The maximum absolute atomic E-state index is 6.14. The second kappa shape index (κ2) is 6.81. The molecule has 1 aromatic carbocycles. The van der Waals surface area contributed by atoms with Gasteiger partial charge in [-0.1, -0.05) is 12.1 Å². The van der Waals surface area contributed by atoms with Crippen LogP contribution in [0.25, 0.3) is 0 Å². The Morgan fingerprint density at radius 1 is 1.24 bits per heavy atom. The molecule has 3 heteroatoms. The zero-order valence-corrected chi connectivity index (χ0v) is 12.6. The third-order valence-corrected chi connectivity index (χ3v) is 4.23. The molecular weight excluding hydrogens is 262 g/mol. The number of aryl methyl sites for hydroxylation is 1. The number of nitrogens with one attached hydrogen (secondary N) is 1. The molecule has 1 unspecified atom stereocenters. The summed E-state index contributed by atoms with van der Waals surface area (Å²) < 4.78 is 11.7. The molecule has 3 rings (SSSR count). The monoisotopic (exact) mass is 285 g/mol. The molecule has 0 amide bonds. The first-order valence-electron chi connectivity index (χ1n) is 7.80. The number of furan rings is 1. The lowest BCUT2D eigenvalue weighted by molar-refractivity contribution is 0.260. The van der Waals surface area contributed by atoms with Crippen molar-refractivity contribution in [3.63, 3.8) is 0 Å². The fourth-order valence-electron chi connectivity index (χ4n) is 3.06. The summed E-state index contributed by atoms with van der Waals surface area (Å²) in [6.45, 7) is 1.63. The zero-order chi connectivity index (χ0) is 14.5. The van der Waals surface area contributed by atoms with E-state index in [4.69, 9.17) is 9.15 Å². The Kier molecular flexibility index (Phi) is 4.61. The Labute approximate surface area is 126 Å². The summed E-state index contributed by atoms with van der Waals surface area (Å²) in [7, 11) is 1.98. The number of hydrogen-bond acceptors (Lipinski definition) is 3. The zero-order valence-electron chi connectivity index (χ0n) is 12.6. The van der Waals surface area contributed by atoms with Crippen LogP contribution in [0.5, 0.6) is 5.75 Å². The molecule has 1 N–H and O–H groups in total. The summed E-state index contributed by atoms with van der Waals surface area (Å²) in [5.74, 6) is 2.37. The summed E-state index contributed by atoms with van der Waals surface area (Å²) in [5, 5.41) is 3.20. The largest absolute Gasteiger partial charge is 0.493 e. The van der Waals surface area contributed by atoms with Gasteiger partial charge in [-0.2, -0.15) is 0 Å². The van der Waals surface area contributed by atoms with E-state index in [2.05, 4.69) is 23.5 Å². The lowest BCUT2D eigenvalue weighted by Gasteiger charge is -2.17. The molecule has 0 bridgehead atoms. The van der Waals surface area contributed by atoms with E-state index in [1.807, 2.05) is 19.2 Å². The highest BCUT2D eigenvalue weighted by Gasteiger charge is 2.18. The second-order valence-electron chi connectivity index (χ2n) is 5.66. The average molecular weight is 285 g/mol. The number of rotatable bonds is 7. The second-order valence-corrected chi connectivity index (χ2v) is 5.66. The Bertz CT molecular complexity index is 563. The molecule has 1 aromatic heterocycles. The molecule has 0 saturated carbocycles. The van der Waals surface area contributed by atoms with Gasteiger partial charge in [0.25, 0.3) is 0 Å². The smallest absolute Gasteiger partial charge is 0.122 e. The van der Waals surface area contributed by atoms with Crippen LogP contribution in [0.2, 0.25) is 0 Å². The molecule has 0 radical (unpaired) electrons. The number of benzene rings is 1. The standard InChI is InChI=1S/C18H23NO2/c1-19-11-10-15(17-9-4-12-20-17)13-21-18-8-3-6-14-5-2-7-16(14)18/h3-4,6,8-9,12,15,19H,2,5,7,10-11,13H2,1H3. The van der Waals surface area contributed by atoms with Crippen molar-refractivity contribution in [2.75, 3.05) is 20.2 Å². The summed E-state index contributed by atoms with van der Waals surface area (Å²) >= 11 is 0. The minimum atomic E-state index is 0.296. The van der Waals surface area contributed by atoms with Crippen molar-refractivity contribution in [2.45, 2.75) is 31.6 Å². The van der Waals surface area contributed by atoms with Gasteiger partial charge in [0.05, 0.1) is 18.8 Å². The van der Waals surface area contributed by atoms with E-state index >= 15 is 0 Å². The molecule has 1 aliphatic rings. The number of fused-ring (bicyclic) bond motifs is 1. The van der Waals surface area contributed by atoms with Crippen LogP contribution in [0.1, 0.15) is 35.6 Å². The van der Waals surface area contributed by atoms with Crippen molar-refractivity contribution < 1.29 is 9.15 Å². The Morgan fingerprint density at radius 3 is 3.00 bits per heavy atom. The third-order valence-electron chi connectivity index (χ3n) is 4.23. The quantitative estimate of drug-likeness (QED) is 0.845. The van der Waals surface area contributed by atoms with E-state index in [9.17, 15) is 0 Å². The number of hydrogen-bond donors (Lipinski definition) is 1. The van der Waals surface area contributed by atoms with Gasteiger partial charge in [0.15, 0.2) is 0 Å². The molecule has 0 saturated heterocycles. The van der Waals surface area contributed by atoms with Gasteiger partial charge >= 0.3 is 0 Å². The summed E-state index contributed by atoms with van der Waals surface area (Å²) in [4.78, 5) is 0. The van der Waals surface area contributed by atoms with E-state index in [1.165, 1.54) is 24.0 Å². The fraction of sp³-hybridized carbons (Fsp3) is 0.444. The Hall–Kier alpha value is -1.74. The van der Waals surface area contributed by atoms with Crippen molar-refractivity contribution in [1.29, 1.82) is 0 Å². The maximum atomic E-state index is 6.14. The van der Waals surface area contributed by atoms with E-state index < -0.39 is 0 Å². The van der Waals surface area contributed by atoms with E-state index in [1.54, 1.807) is 6.26 Å². The molecule has 0 aliphatic heterocycles. The van der Waals surface area contributed by atoms with Gasteiger partial charge in [0.1, 0.15) is 11.5 Å². The van der Waals surface area contributed by atoms with Crippen molar-refractivity contribution >= 4 is 0 Å². The van der Waals surface area contributed by atoms with Crippen LogP contribution >= 0.6 is 0 Å². The maximum Gasteiger partial charge on any atom is 0.122 e. The minimum Gasteiger partial charge on any atom is -0.493 e. The first-order chi connectivity index (χ1) is 10.4. The topological polar surface area (TPSA) is 34.4 Å². The highest BCUT2D eigenvalue weighted by Crippen LogP contribution is 2.31. The molecule has 1 heterocycles. The van der Waals surface area contributed by atoms with Gasteiger partial charge in [-0.05, 0) is 68.6 Å². The van der Waals surface area contributed by atoms with Crippen molar-refractivity contribution in [2.24, 2.45) is 0 Å².